The van der Waals surface area contributed by atoms with Crippen molar-refractivity contribution in [3.8, 4) is 0 Å². The molecule has 0 atom stereocenters. The lowest BCUT2D eigenvalue weighted by molar-refractivity contribution is 0.305. The Bertz CT molecular complexity index is 181. The molecule has 0 unspecified atom stereocenters. The van der Waals surface area contributed by atoms with Crippen LogP contribution in [0.25, 0.3) is 0 Å². The summed E-state index contributed by atoms with van der Waals surface area (Å²) in [6.45, 7) is 12.2. The zero-order valence-corrected chi connectivity index (χ0v) is 8.66. The summed E-state index contributed by atoms with van der Waals surface area (Å²) in [5, 5.41) is 0. The van der Waals surface area contributed by atoms with Crippen molar-refractivity contribution in [1.82, 2.24) is 4.90 Å². The molecule has 0 amide bonds. The van der Waals surface area contributed by atoms with Crippen molar-refractivity contribution >= 4 is 12.1 Å². The number of aliphatic imine (C=N–C) groups is 2. The lowest BCUT2D eigenvalue weighted by atomic mass is 10.4. The van der Waals surface area contributed by atoms with E-state index in [0.717, 1.165) is 32.7 Å². The fourth-order valence-electron chi connectivity index (χ4n) is 1.03. The molecular formula is C10H19N3. The third kappa shape index (κ3) is 7.44. The van der Waals surface area contributed by atoms with Crippen LogP contribution in [0.5, 0.6) is 0 Å². The molecule has 0 saturated carbocycles. The van der Waals surface area contributed by atoms with E-state index in [9.17, 15) is 0 Å². The van der Waals surface area contributed by atoms with E-state index in [2.05, 4.69) is 34.3 Å². The molecule has 3 heteroatoms. The van der Waals surface area contributed by atoms with Gasteiger partial charge in [0.1, 0.15) is 0 Å². The highest BCUT2D eigenvalue weighted by atomic mass is 15.1. The minimum absolute atomic E-state index is 0.785. The summed E-state index contributed by atoms with van der Waals surface area (Å²) in [7, 11) is 0. The van der Waals surface area contributed by atoms with E-state index in [1.165, 1.54) is 0 Å². The summed E-state index contributed by atoms with van der Waals surface area (Å²) < 4.78 is 0. The second kappa shape index (κ2) is 9.17. The zero-order valence-electron chi connectivity index (χ0n) is 8.66. The molecule has 0 bridgehead atoms. The van der Waals surface area contributed by atoms with Crippen LogP contribution in [-0.2, 0) is 0 Å². The van der Waals surface area contributed by atoms with Crippen molar-refractivity contribution < 1.29 is 0 Å². The van der Waals surface area contributed by atoms with E-state index in [-0.39, 0.29) is 0 Å². The fourth-order valence-corrected chi connectivity index (χ4v) is 1.03. The summed E-state index contributed by atoms with van der Waals surface area (Å²) in [5.74, 6) is 2.53. The minimum atomic E-state index is 0.785. The van der Waals surface area contributed by atoms with Crippen molar-refractivity contribution in [3.05, 3.63) is 6.58 Å². The van der Waals surface area contributed by atoms with Crippen LogP contribution >= 0.6 is 0 Å². The molecule has 0 spiro atoms. The SMILES string of the molecule is C=C=NCCN(CC)CCN=CC. The lowest BCUT2D eigenvalue weighted by Gasteiger charge is -2.17. The Morgan fingerprint density at radius 1 is 1.38 bits per heavy atom. The molecule has 0 N–H and O–H groups in total. The van der Waals surface area contributed by atoms with Crippen molar-refractivity contribution in [2.24, 2.45) is 9.98 Å². The molecule has 13 heavy (non-hydrogen) atoms. The first-order chi connectivity index (χ1) is 6.35. The van der Waals surface area contributed by atoms with Gasteiger partial charge in [-0.05, 0) is 32.1 Å². The van der Waals surface area contributed by atoms with Gasteiger partial charge >= 0.3 is 0 Å². The van der Waals surface area contributed by atoms with Crippen LogP contribution in [0.4, 0.5) is 0 Å². The van der Waals surface area contributed by atoms with Gasteiger partial charge in [-0.2, -0.15) is 0 Å². The van der Waals surface area contributed by atoms with Crippen LogP contribution in [0.1, 0.15) is 13.8 Å². The molecule has 0 aromatic carbocycles. The molecule has 0 radical (unpaired) electrons. The predicted molar refractivity (Wildman–Crippen MR) is 59.1 cm³/mol. The van der Waals surface area contributed by atoms with Gasteiger partial charge in [0, 0.05) is 13.1 Å². The van der Waals surface area contributed by atoms with Gasteiger partial charge < -0.3 is 0 Å². The van der Waals surface area contributed by atoms with Gasteiger partial charge in [0.15, 0.2) is 0 Å². The average Bonchev–Trinajstić information content (AvgIpc) is 2.16. The van der Waals surface area contributed by atoms with Crippen molar-refractivity contribution in [1.29, 1.82) is 0 Å². The van der Waals surface area contributed by atoms with E-state index in [4.69, 9.17) is 0 Å². The second-order valence-corrected chi connectivity index (χ2v) is 2.64. The van der Waals surface area contributed by atoms with Crippen LogP contribution in [0.15, 0.2) is 16.6 Å². The number of hydrogen-bond acceptors (Lipinski definition) is 3. The fraction of sp³-hybridized carbons (Fsp3) is 0.700. The van der Waals surface area contributed by atoms with Gasteiger partial charge in [0.05, 0.1) is 13.1 Å². The smallest absolute Gasteiger partial charge is 0.0611 e. The molecule has 0 saturated heterocycles. The summed E-state index contributed by atoms with van der Waals surface area (Å²) in [5.41, 5.74) is 0. The molecule has 0 fully saturated rings. The Morgan fingerprint density at radius 3 is 2.62 bits per heavy atom. The highest BCUT2D eigenvalue weighted by Crippen LogP contribution is 1.87. The van der Waals surface area contributed by atoms with Crippen LogP contribution in [0, 0.1) is 0 Å². The first kappa shape index (κ1) is 12.1. The molecule has 0 heterocycles. The van der Waals surface area contributed by atoms with Gasteiger partial charge in [-0.3, -0.25) is 9.89 Å². The molecule has 0 aliphatic carbocycles. The zero-order chi connectivity index (χ0) is 9.94. The highest BCUT2D eigenvalue weighted by molar-refractivity contribution is 5.53. The largest absolute Gasteiger partial charge is 0.300 e. The first-order valence-corrected chi connectivity index (χ1v) is 4.70. The Kier molecular flexibility index (Phi) is 8.52. The number of rotatable bonds is 7. The molecular weight excluding hydrogens is 162 g/mol. The van der Waals surface area contributed by atoms with E-state index in [0.29, 0.717) is 0 Å². The Balaban J connectivity index is 3.56. The van der Waals surface area contributed by atoms with Crippen LogP contribution < -0.4 is 0 Å². The number of nitrogens with zero attached hydrogens (tertiary/aromatic N) is 3. The third-order valence-electron chi connectivity index (χ3n) is 1.81. The van der Waals surface area contributed by atoms with Gasteiger partial charge in [0.2, 0.25) is 0 Å². The van der Waals surface area contributed by atoms with Gasteiger partial charge in [-0.1, -0.05) is 6.92 Å². The molecule has 0 rings (SSSR count). The van der Waals surface area contributed by atoms with Crippen LogP contribution in [0.3, 0.4) is 0 Å². The first-order valence-electron chi connectivity index (χ1n) is 4.70. The Hall–Kier alpha value is -0.920. The van der Waals surface area contributed by atoms with E-state index < -0.39 is 0 Å². The molecule has 0 aromatic heterocycles. The van der Waals surface area contributed by atoms with E-state index in [1.54, 1.807) is 0 Å². The van der Waals surface area contributed by atoms with E-state index >= 15 is 0 Å². The van der Waals surface area contributed by atoms with Crippen LogP contribution in [0.2, 0.25) is 0 Å². The quantitative estimate of drug-likeness (QED) is 0.543. The topological polar surface area (TPSA) is 28.0 Å². The normalized spacial score (nSPS) is 10.7. The predicted octanol–water partition coefficient (Wildman–Crippen LogP) is 1.25. The minimum Gasteiger partial charge on any atom is -0.300 e. The van der Waals surface area contributed by atoms with Gasteiger partial charge in [-0.15, -0.1) is 0 Å². The van der Waals surface area contributed by atoms with E-state index in [1.807, 2.05) is 13.1 Å². The average molecular weight is 181 g/mol. The molecule has 0 aliphatic heterocycles. The molecule has 3 nitrogen and oxygen atoms in total. The van der Waals surface area contributed by atoms with Crippen molar-refractivity contribution in [2.45, 2.75) is 13.8 Å². The van der Waals surface area contributed by atoms with Crippen LogP contribution in [-0.4, -0.2) is 49.7 Å². The highest BCUT2D eigenvalue weighted by Gasteiger charge is 1.98. The molecule has 0 aliphatic rings. The number of likely N-dealkylation sites (N-methyl/N-ethyl adjacent to an activating group) is 1. The molecule has 0 aromatic rings. The monoisotopic (exact) mass is 181 g/mol. The van der Waals surface area contributed by atoms with Crippen molar-refractivity contribution in [3.63, 3.8) is 0 Å². The summed E-state index contributed by atoms with van der Waals surface area (Å²) in [4.78, 5) is 10.4. The Morgan fingerprint density at radius 2 is 2.08 bits per heavy atom. The standard InChI is InChI=1S/C10H19N3/c1-4-11-7-9-13(6-3)10-8-12-5-2/h5H,1,6-10H2,2-3H3. The molecule has 74 valence electrons. The maximum absolute atomic E-state index is 4.16. The maximum atomic E-state index is 4.16. The van der Waals surface area contributed by atoms with Gasteiger partial charge in [-0.25, -0.2) is 4.99 Å². The maximum Gasteiger partial charge on any atom is 0.0611 e. The summed E-state index contributed by atoms with van der Waals surface area (Å²) >= 11 is 0. The Labute approximate surface area is 80.9 Å². The number of hydrogen-bond donors (Lipinski definition) is 0. The van der Waals surface area contributed by atoms with Gasteiger partial charge in [0.25, 0.3) is 0 Å². The summed E-state index contributed by atoms with van der Waals surface area (Å²) in [6, 6.07) is 0. The summed E-state index contributed by atoms with van der Waals surface area (Å²) in [6.07, 6.45) is 1.84. The lowest BCUT2D eigenvalue weighted by Crippen LogP contribution is -2.28. The van der Waals surface area contributed by atoms with Crippen molar-refractivity contribution in [2.75, 3.05) is 32.7 Å². The third-order valence-corrected chi connectivity index (χ3v) is 1.81. The second-order valence-electron chi connectivity index (χ2n) is 2.64.